The quantitative estimate of drug-likeness (QED) is 0.178. The van der Waals surface area contributed by atoms with Crippen LogP contribution >= 0.6 is 0 Å². The Balaban J connectivity index is 1.17. The molecule has 2 aromatic heterocycles. The predicted octanol–water partition coefficient (Wildman–Crippen LogP) is 12.9. The molecule has 0 radical (unpaired) electrons. The summed E-state index contributed by atoms with van der Waals surface area (Å²) in [5, 5.41) is 5.03. The molecule has 0 saturated heterocycles. The SMILES string of the molecule is c1ccc(-c2ccc(-c3ccc(-n4c5ccccc5c5ccc6c(c7ccccc7n6-c6cccc(-c7ccccc7)c6)c54)cc3)cc2)cc1. The van der Waals surface area contributed by atoms with Gasteiger partial charge >= 0.3 is 0 Å². The molecule has 10 aromatic rings. The van der Waals surface area contributed by atoms with Crippen LogP contribution in [0.5, 0.6) is 0 Å². The van der Waals surface area contributed by atoms with E-state index in [2.05, 4.69) is 203 Å². The van der Waals surface area contributed by atoms with Crippen LogP contribution in [0.3, 0.4) is 0 Å². The highest BCUT2D eigenvalue weighted by atomic mass is 15.0. The van der Waals surface area contributed by atoms with Gasteiger partial charge in [-0.3, -0.25) is 0 Å². The molecule has 0 atom stereocenters. The van der Waals surface area contributed by atoms with Crippen molar-refractivity contribution in [1.29, 1.82) is 0 Å². The molecule has 0 fully saturated rings. The minimum atomic E-state index is 1.15. The van der Waals surface area contributed by atoms with Crippen molar-refractivity contribution in [3.63, 3.8) is 0 Å². The van der Waals surface area contributed by atoms with Gasteiger partial charge in [0.15, 0.2) is 0 Å². The third-order valence-corrected chi connectivity index (χ3v) is 10.1. The molecule has 50 heavy (non-hydrogen) atoms. The van der Waals surface area contributed by atoms with Crippen LogP contribution < -0.4 is 0 Å². The normalized spacial score (nSPS) is 11.6. The van der Waals surface area contributed by atoms with Gasteiger partial charge in [-0.05, 0) is 75.8 Å². The van der Waals surface area contributed by atoms with Crippen molar-refractivity contribution >= 4 is 43.6 Å². The Hall–Kier alpha value is -6.64. The first-order valence-electron chi connectivity index (χ1n) is 17.2. The average molecular weight is 637 g/mol. The molecule has 2 heteroatoms. The smallest absolute Gasteiger partial charge is 0.0641 e. The number of nitrogens with zero attached hydrogens (tertiary/aromatic N) is 2. The Kier molecular flexibility index (Phi) is 6.53. The summed E-state index contributed by atoms with van der Waals surface area (Å²) < 4.78 is 4.90. The van der Waals surface area contributed by atoms with Crippen LogP contribution in [0.1, 0.15) is 0 Å². The van der Waals surface area contributed by atoms with Crippen molar-refractivity contribution in [3.8, 4) is 44.8 Å². The van der Waals surface area contributed by atoms with E-state index in [1.54, 1.807) is 0 Å². The monoisotopic (exact) mass is 636 g/mol. The molecule has 0 spiro atoms. The Labute approximate surface area is 290 Å². The summed E-state index contributed by atoms with van der Waals surface area (Å²) in [6.45, 7) is 0. The van der Waals surface area contributed by atoms with Crippen molar-refractivity contribution in [2.45, 2.75) is 0 Å². The maximum Gasteiger partial charge on any atom is 0.0641 e. The number of hydrogen-bond donors (Lipinski definition) is 0. The molecule has 8 aromatic carbocycles. The molecule has 0 N–H and O–H groups in total. The summed E-state index contributed by atoms with van der Waals surface area (Å²) in [7, 11) is 0. The van der Waals surface area contributed by atoms with Gasteiger partial charge in [-0.15, -0.1) is 0 Å². The first kappa shape index (κ1) is 28.4. The molecule has 0 amide bonds. The van der Waals surface area contributed by atoms with Gasteiger partial charge in [0, 0.05) is 32.9 Å². The lowest BCUT2D eigenvalue weighted by molar-refractivity contribution is 1.17. The van der Waals surface area contributed by atoms with Crippen LogP contribution in [0.25, 0.3) is 88.4 Å². The third kappa shape index (κ3) is 4.50. The van der Waals surface area contributed by atoms with E-state index in [4.69, 9.17) is 0 Å². The second-order valence-electron chi connectivity index (χ2n) is 13.0. The number of rotatable bonds is 5. The fourth-order valence-electron chi connectivity index (χ4n) is 7.80. The van der Waals surface area contributed by atoms with Crippen LogP contribution in [0.2, 0.25) is 0 Å². The summed E-state index contributed by atoms with van der Waals surface area (Å²) in [6.07, 6.45) is 0. The predicted molar refractivity (Wildman–Crippen MR) is 211 cm³/mol. The van der Waals surface area contributed by atoms with Crippen molar-refractivity contribution in [2.24, 2.45) is 0 Å². The zero-order chi connectivity index (χ0) is 33.0. The molecule has 0 aliphatic rings. The highest BCUT2D eigenvalue weighted by Gasteiger charge is 2.21. The van der Waals surface area contributed by atoms with Gasteiger partial charge < -0.3 is 9.13 Å². The van der Waals surface area contributed by atoms with E-state index in [-0.39, 0.29) is 0 Å². The zero-order valence-electron chi connectivity index (χ0n) is 27.4. The Bertz CT molecular complexity index is 2820. The molecule has 0 saturated carbocycles. The molecule has 0 bridgehead atoms. The molecule has 2 nitrogen and oxygen atoms in total. The highest BCUT2D eigenvalue weighted by Crippen LogP contribution is 2.42. The molecule has 2 heterocycles. The van der Waals surface area contributed by atoms with Crippen LogP contribution in [0.15, 0.2) is 194 Å². The van der Waals surface area contributed by atoms with Crippen LogP contribution in [0.4, 0.5) is 0 Å². The lowest BCUT2D eigenvalue weighted by Gasteiger charge is -2.12. The minimum Gasteiger partial charge on any atom is -0.309 e. The minimum absolute atomic E-state index is 1.15. The summed E-state index contributed by atoms with van der Waals surface area (Å²) in [5.41, 5.74) is 14.4. The van der Waals surface area contributed by atoms with Crippen molar-refractivity contribution in [2.75, 3.05) is 0 Å². The Morgan fingerprint density at radius 2 is 0.760 bits per heavy atom. The number of para-hydroxylation sites is 2. The summed E-state index contributed by atoms with van der Waals surface area (Å²) in [4.78, 5) is 0. The van der Waals surface area contributed by atoms with Crippen molar-refractivity contribution in [3.05, 3.63) is 194 Å². The Morgan fingerprint density at radius 3 is 1.42 bits per heavy atom. The largest absolute Gasteiger partial charge is 0.309 e. The maximum absolute atomic E-state index is 2.46. The summed E-state index contributed by atoms with van der Waals surface area (Å²) in [5.74, 6) is 0. The summed E-state index contributed by atoms with van der Waals surface area (Å²) in [6, 6.07) is 70.3. The lowest BCUT2D eigenvalue weighted by atomic mass is 10.0. The second kappa shape index (κ2) is 11.5. The Morgan fingerprint density at radius 1 is 0.260 bits per heavy atom. The zero-order valence-corrected chi connectivity index (χ0v) is 27.4. The average Bonchev–Trinajstić information content (AvgIpc) is 3.72. The topological polar surface area (TPSA) is 9.86 Å². The fourth-order valence-corrected chi connectivity index (χ4v) is 7.80. The van der Waals surface area contributed by atoms with E-state index in [1.165, 1.54) is 77.0 Å². The third-order valence-electron chi connectivity index (χ3n) is 10.1. The highest BCUT2D eigenvalue weighted by molar-refractivity contribution is 6.26. The second-order valence-corrected chi connectivity index (χ2v) is 13.0. The lowest BCUT2D eigenvalue weighted by Crippen LogP contribution is -1.96. The molecule has 0 unspecified atom stereocenters. The van der Waals surface area contributed by atoms with Gasteiger partial charge in [0.05, 0.1) is 22.1 Å². The molecular weight excluding hydrogens is 605 g/mol. The molecule has 0 aliphatic heterocycles. The van der Waals surface area contributed by atoms with E-state index in [0.717, 1.165) is 11.4 Å². The van der Waals surface area contributed by atoms with Crippen molar-refractivity contribution < 1.29 is 0 Å². The fraction of sp³-hybridized carbons (Fsp3) is 0. The van der Waals surface area contributed by atoms with Gasteiger partial charge in [0.2, 0.25) is 0 Å². The maximum atomic E-state index is 2.46. The number of hydrogen-bond acceptors (Lipinski definition) is 0. The number of aromatic nitrogens is 2. The van der Waals surface area contributed by atoms with Gasteiger partial charge in [-0.25, -0.2) is 0 Å². The first-order valence-corrected chi connectivity index (χ1v) is 17.2. The van der Waals surface area contributed by atoms with Crippen LogP contribution in [0, 0.1) is 0 Å². The molecule has 234 valence electrons. The van der Waals surface area contributed by atoms with E-state index >= 15 is 0 Å². The molecule has 10 rings (SSSR count). The summed E-state index contributed by atoms with van der Waals surface area (Å²) >= 11 is 0. The molecular formula is C48H32N2. The first-order chi connectivity index (χ1) is 24.8. The van der Waals surface area contributed by atoms with Gasteiger partial charge in [-0.1, -0.05) is 152 Å². The van der Waals surface area contributed by atoms with E-state index in [9.17, 15) is 0 Å². The molecule has 0 aliphatic carbocycles. The van der Waals surface area contributed by atoms with E-state index < -0.39 is 0 Å². The number of fused-ring (bicyclic) bond motifs is 7. The van der Waals surface area contributed by atoms with Gasteiger partial charge in [0.1, 0.15) is 0 Å². The number of benzene rings is 8. The van der Waals surface area contributed by atoms with Gasteiger partial charge in [-0.2, -0.15) is 0 Å². The van der Waals surface area contributed by atoms with E-state index in [0.29, 0.717) is 0 Å². The standard InChI is InChI=1S/C48H32N2/c1-3-12-33(13-4-1)35-22-24-36(25-23-35)37-26-28-39(29-27-37)50-44-20-9-7-18-41(44)42-30-31-46-47(48(42)50)43-19-8-10-21-45(43)49(46)40-17-11-16-38(32-40)34-14-5-2-6-15-34/h1-32H. The van der Waals surface area contributed by atoms with Crippen molar-refractivity contribution in [1.82, 2.24) is 9.13 Å². The van der Waals surface area contributed by atoms with Gasteiger partial charge in [0.25, 0.3) is 0 Å². The van der Waals surface area contributed by atoms with E-state index in [1.807, 2.05) is 0 Å². The van der Waals surface area contributed by atoms with Crippen LogP contribution in [-0.4, -0.2) is 9.13 Å². The van der Waals surface area contributed by atoms with Crippen LogP contribution in [-0.2, 0) is 0 Å².